The molecule has 1 aromatic heterocycles. The van der Waals surface area contributed by atoms with E-state index in [4.69, 9.17) is 0 Å². The minimum Gasteiger partial charge on any atom is -0.481 e. The maximum absolute atomic E-state index is 11.6. The highest BCUT2D eigenvalue weighted by molar-refractivity contribution is 6.01. The van der Waals surface area contributed by atoms with E-state index in [1.807, 2.05) is 42.1 Å². The van der Waals surface area contributed by atoms with Crippen molar-refractivity contribution >= 4 is 22.8 Å². The maximum atomic E-state index is 11.6. The highest BCUT2D eigenvalue weighted by atomic mass is 16.4. The van der Waals surface area contributed by atoms with E-state index in [-0.39, 0.29) is 5.92 Å². The summed E-state index contributed by atoms with van der Waals surface area (Å²) in [6, 6.07) is 7.82. The summed E-state index contributed by atoms with van der Waals surface area (Å²) in [6.07, 6.45) is 1.92. The number of nitrogens with zero attached hydrogens (tertiary/aromatic N) is 1. The SMILES string of the molecule is Cn1cc(C2CNC(=O)C2C(=O)O)c2ccccc21. The second-order valence-corrected chi connectivity index (χ2v) is 4.88. The summed E-state index contributed by atoms with van der Waals surface area (Å²) in [7, 11) is 1.92. The quantitative estimate of drug-likeness (QED) is 0.792. The van der Waals surface area contributed by atoms with E-state index >= 15 is 0 Å². The van der Waals surface area contributed by atoms with Crippen molar-refractivity contribution in [2.24, 2.45) is 13.0 Å². The molecule has 5 heteroatoms. The molecule has 2 heterocycles. The van der Waals surface area contributed by atoms with Crippen LogP contribution in [0.3, 0.4) is 0 Å². The Morgan fingerprint density at radius 3 is 2.89 bits per heavy atom. The summed E-state index contributed by atoms with van der Waals surface area (Å²) < 4.78 is 1.96. The zero-order valence-corrected chi connectivity index (χ0v) is 10.5. The fourth-order valence-electron chi connectivity index (χ4n) is 2.86. The molecule has 1 amide bonds. The number of aliphatic carboxylic acids is 1. The number of hydrogen-bond donors (Lipinski definition) is 2. The Morgan fingerprint density at radius 2 is 2.16 bits per heavy atom. The molecular weight excluding hydrogens is 244 g/mol. The lowest BCUT2D eigenvalue weighted by molar-refractivity contribution is -0.145. The van der Waals surface area contributed by atoms with E-state index in [0.717, 1.165) is 16.5 Å². The van der Waals surface area contributed by atoms with Crippen LogP contribution in [0.1, 0.15) is 11.5 Å². The lowest BCUT2D eigenvalue weighted by Gasteiger charge is -2.11. The van der Waals surface area contributed by atoms with Crippen molar-refractivity contribution in [3.63, 3.8) is 0 Å². The number of carboxylic acids is 1. The molecule has 19 heavy (non-hydrogen) atoms. The Balaban J connectivity index is 2.14. The van der Waals surface area contributed by atoms with Gasteiger partial charge in [-0.25, -0.2) is 0 Å². The number of carbonyl (C=O) groups excluding carboxylic acids is 1. The first-order valence-electron chi connectivity index (χ1n) is 6.14. The molecule has 0 radical (unpaired) electrons. The van der Waals surface area contributed by atoms with Crippen molar-refractivity contribution in [2.45, 2.75) is 5.92 Å². The summed E-state index contributed by atoms with van der Waals surface area (Å²) in [5.74, 6) is -2.76. The van der Waals surface area contributed by atoms with E-state index < -0.39 is 17.8 Å². The van der Waals surface area contributed by atoms with Crippen molar-refractivity contribution < 1.29 is 14.7 Å². The standard InChI is InChI=1S/C14H14N2O3/c1-16-7-10(8-4-2-3-5-11(8)16)9-6-15-13(17)12(9)14(18)19/h2-5,7,9,12H,6H2,1H3,(H,15,17)(H,18,19). The Kier molecular flexibility index (Phi) is 2.55. The first-order valence-corrected chi connectivity index (χ1v) is 6.14. The van der Waals surface area contributed by atoms with Gasteiger partial charge in [0.2, 0.25) is 5.91 Å². The minimum absolute atomic E-state index is 0.309. The molecule has 3 rings (SSSR count). The van der Waals surface area contributed by atoms with Crippen molar-refractivity contribution in [3.05, 3.63) is 36.0 Å². The molecule has 1 aromatic carbocycles. The van der Waals surface area contributed by atoms with E-state index in [1.54, 1.807) is 0 Å². The molecule has 2 aromatic rings. The number of amides is 1. The van der Waals surface area contributed by atoms with E-state index in [1.165, 1.54) is 0 Å². The number of nitrogens with one attached hydrogen (secondary N) is 1. The average molecular weight is 258 g/mol. The normalized spacial score (nSPS) is 22.7. The van der Waals surface area contributed by atoms with Crippen molar-refractivity contribution in [1.82, 2.24) is 9.88 Å². The van der Waals surface area contributed by atoms with Gasteiger partial charge in [0.15, 0.2) is 0 Å². The molecule has 5 nitrogen and oxygen atoms in total. The fraction of sp³-hybridized carbons (Fsp3) is 0.286. The fourth-order valence-corrected chi connectivity index (χ4v) is 2.86. The zero-order chi connectivity index (χ0) is 13.6. The van der Waals surface area contributed by atoms with Gasteiger partial charge in [-0.15, -0.1) is 0 Å². The molecule has 2 unspecified atom stereocenters. The van der Waals surface area contributed by atoms with Gasteiger partial charge in [-0.3, -0.25) is 9.59 Å². The number of hydrogen-bond acceptors (Lipinski definition) is 2. The lowest BCUT2D eigenvalue weighted by atomic mass is 9.88. The number of aryl methyl sites for hydroxylation is 1. The summed E-state index contributed by atoms with van der Waals surface area (Å²) >= 11 is 0. The zero-order valence-electron chi connectivity index (χ0n) is 10.5. The van der Waals surface area contributed by atoms with E-state index in [0.29, 0.717) is 6.54 Å². The van der Waals surface area contributed by atoms with Crippen LogP contribution in [0.2, 0.25) is 0 Å². The van der Waals surface area contributed by atoms with Crippen LogP contribution in [-0.4, -0.2) is 28.1 Å². The minimum atomic E-state index is -1.06. The van der Waals surface area contributed by atoms with Gasteiger partial charge in [0, 0.05) is 36.6 Å². The Bertz CT molecular complexity index is 674. The smallest absolute Gasteiger partial charge is 0.316 e. The summed E-state index contributed by atoms with van der Waals surface area (Å²) in [5.41, 5.74) is 1.96. The van der Waals surface area contributed by atoms with Gasteiger partial charge in [0.05, 0.1) is 0 Å². The second kappa shape index (κ2) is 4.12. The van der Waals surface area contributed by atoms with Crippen LogP contribution >= 0.6 is 0 Å². The van der Waals surface area contributed by atoms with Gasteiger partial charge in [0.25, 0.3) is 0 Å². The molecule has 2 N–H and O–H groups in total. The number of fused-ring (bicyclic) bond motifs is 1. The predicted molar refractivity (Wildman–Crippen MR) is 69.8 cm³/mol. The number of benzene rings is 1. The summed E-state index contributed by atoms with van der Waals surface area (Å²) in [5, 5.41) is 12.9. The second-order valence-electron chi connectivity index (χ2n) is 4.88. The Morgan fingerprint density at radius 1 is 1.42 bits per heavy atom. The lowest BCUT2D eigenvalue weighted by Crippen LogP contribution is -2.26. The van der Waals surface area contributed by atoms with Gasteiger partial charge in [-0.05, 0) is 11.6 Å². The molecule has 0 saturated carbocycles. The number of aromatic nitrogens is 1. The predicted octanol–water partition coefficient (Wildman–Crippen LogP) is 1.09. The van der Waals surface area contributed by atoms with Crippen LogP contribution in [0.15, 0.2) is 30.5 Å². The van der Waals surface area contributed by atoms with E-state index in [2.05, 4.69) is 5.32 Å². The molecule has 1 aliphatic rings. The average Bonchev–Trinajstić information content (AvgIpc) is 2.91. The molecule has 98 valence electrons. The highest BCUT2D eigenvalue weighted by Gasteiger charge is 2.42. The van der Waals surface area contributed by atoms with Gasteiger partial charge in [-0.1, -0.05) is 18.2 Å². The molecule has 1 saturated heterocycles. The molecule has 1 aliphatic heterocycles. The Hall–Kier alpha value is -2.30. The van der Waals surface area contributed by atoms with Crippen LogP contribution in [-0.2, 0) is 16.6 Å². The molecule has 0 bridgehead atoms. The third-order valence-electron chi connectivity index (χ3n) is 3.77. The van der Waals surface area contributed by atoms with Gasteiger partial charge in [-0.2, -0.15) is 0 Å². The molecule has 0 spiro atoms. The van der Waals surface area contributed by atoms with Crippen LogP contribution in [0.4, 0.5) is 0 Å². The molecule has 1 fully saturated rings. The third-order valence-corrected chi connectivity index (χ3v) is 3.77. The number of rotatable bonds is 2. The highest BCUT2D eigenvalue weighted by Crippen LogP contribution is 2.34. The van der Waals surface area contributed by atoms with Crippen molar-refractivity contribution in [3.8, 4) is 0 Å². The van der Waals surface area contributed by atoms with Gasteiger partial charge in [0.1, 0.15) is 5.92 Å². The van der Waals surface area contributed by atoms with Crippen LogP contribution < -0.4 is 5.32 Å². The summed E-state index contributed by atoms with van der Waals surface area (Å²) in [4.78, 5) is 22.9. The number of para-hydroxylation sites is 1. The first kappa shape index (κ1) is 11.8. The van der Waals surface area contributed by atoms with Crippen LogP contribution in [0, 0.1) is 5.92 Å². The maximum Gasteiger partial charge on any atom is 0.316 e. The number of carboxylic acid groups (broad SMARTS) is 1. The molecule has 0 aliphatic carbocycles. The number of carbonyl (C=O) groups is 2. The van der Waals surface area contributed by atoms with Crippen molar-refractivity contribution in [1.29, 1.82) is 0 Å². The van der Waals surface area contributed by atoms with Crippen LogP contribution in [0.25, 0.3) is 10.9 Å². The Labute approximate surface area is 109 Å². The van der Waals surface area contributed by atoms with Crippen LogP contribution in [0.5, 0.6) is 0 Å². The van der Waals surface area contributed by atoms with E-state index in [9.17, 15) is 14.7 Å². The topological polar surface area (TPSA) is 71.3 Å². The summed E-state index contributed by atoms with van der Waals surface area (Å²) in [6.45, 7) is 0.379. The van der Waals surface area contributed by atoms with Gasteiger partial charge >= 0.3 is 5.97 Å². The first-order chi connectivity index (χ1) is 9.09. The molecule has 2 atom stereocenters. The largest absolute Gasteiger partial charge is 0.481 e. The monoisotopic (exact) mass is 258 g/mol. The third kappa shape index (κ3) is 1.69. The molecular formula is C14H14N2O3. The van der Waals surface area contributed by atoms with Gasteiger partial charge < -0.3 is 15.0 Å². The van der Waals surface area contributed by atoms with Crippen molar-refractivity contribution in [2.75, 3.05) is 6.54 Å².